The number of rotatable bonds is 3. The third-order valence-corrected chi connectivity index (χ3v) is 12.1. The molecule has 2 nitrogen and oxygen atoms in total. The van der Waals surface area contributed by atoms with Crippen LogP contribution in [-0.4, -0.2) is 9.13 Å². The van der Waals surface area contributed by atoms with E-state index in [1.165, 1.54) is 12.1 Å². The molecule has 8 rings (SSSR count). The first-order chi connectivity index (χ1) is 27.7. The maximum Gasteiger partial charge on any atom is 0.420 e. The first-order valence-corrected chi connectivity index (χ1v) is 20.6. The smallest absolute Gasteiger partial charge is 0.309 e. The molecule has 0 saturated carbocycles. The minimum Gasteiger partial charge on any atom is -0.309 e. The first kappa shape index (κ1) is 41.3. The summed E-state index contributed by atoms with van der Waals surface area (Å²) in [5.41, 5.74) is 4.23. The maximum atomic E-state index is 16.5. The van der Waals surface area contributed by atoms with Crippen LogP contribution in [0.1, 0.15) is 111 Å². The zero-order valence-corrected chi connectivity index (χ0v) is 36.6. The maximum absolute atomic E-state index is 16.5. The quantitative estimate of drug-likeness (QED) is 0.157. The highest BCUT2D eigenvalue weighted by atomic mass is 19.4. The van der Waals surface area contributed by atoms with Crippen molar-refractivity contribution in [2.75, 3.05) is 0 Å². The highest BCUT2D eigenvalue weighted by Crippen LogP contribution is 2.48. The molecule has 0 aliphatic rings. The molecule has 0 atom stereocenters. The van der Waals surface area contributed by atoms with Gasteiger partial charge < -0.3 is 9.13 Å². The lowest BCUT2D eigenvalue weighted by Crippen LogP contribution is -2.16. The molecule has 0 unspecified atom stereocenters. The van der Waals surface area contributed by atoms with Crippen LogP contribution < -0.4 is 0 Å². The van der Waals surface area contributed by atoms with Crippen LogP contribution in [0.3, 0.4) is 0 Å². The Bertz CT molecular complexity index is 2700. The molecule has 0 aliphatic heterocycles. The van der Waals surface area contributed by atoms with Gasteiger partial charge in [0.1, 0.15) is 17.2 Å². The van der Waals surface area contributed by atoms with Crippen LogP contribution in [-0.2, 0) is 27.8 Å². The van der Waals surface area contributed by atoms with Crippen molar-refractivity contribution >= 4 is 43.6 Å². The number of hydrogen-bond donors (Lipinski definition) is 0. The van der Waals surface area contributed by atoms with Crippen molar-refractivity contribution in [2.45, 2.75) is 111 Å². The van der Waals surface area contributed by atoms with Gasteiger partial charge in [0.2, 0.25) is 0 Å². The van der Waals surface area contributed by atoms with Gasteiger partial charge in [-0.2, -0.15) is 13.2 Å². The van der Waals surface area contributed by atoms with Crippen LogP contribution in [0.2, 0.25) is 0 Å². The van der Waals surface area contributed by atoms with E-state index < -0.39 is 23.4 Å². The van der Waals surface area contributed by atoms with Crippen molar-refractivity contribution in [1.29, 1.82) is 0 Å². The molecule has 0 amide bonds. The molecule has 0 radical (unpaired) electrons. The van der Waals surface area contributed by atoms with Crippen LogP contribution in [0.5, 0.6) is 0 Å². The Morgan fingerprint density at radius 3 is 0.983 bits per heavy atom. The van der Waals surface area contributed by atoms with Crippen molar-refractivity contribution in [1.82, 2.24) is 9.13 Å². The zero-order valence-electron chi connectivity index (χ0n) is 36.6. The minimum atomic E-state index is -4.90. The van der Waals surface area contributed by atoms with E-state index in [0.29, 0.717) is 22.1 Å². The van der Waals surface area contributed by atoms with E-state index in [-0.39, 0.29) is 44.2 Å². The molecule has 310 valence electrons. The Kier molecular flexibility index (Phi) is 9.32. The Morgan fingerprint density at radius 1 is 0.383 bits per heavy atom. The van der Waals surface area contributed by atoms with Gasteiger partial charge in [-0.3, -0.25) is 0 Å². The number of hydrogen-bond acceptors (Lipinski definition) is 0. The average Bonchev–Trinajstić information content (AvgIpc) is 3.64. The van der Waals surface area contributed by atoms with Gasteiger partial charge in [-0.05, 0) is 128 Å². The van der Waals surface area contributed by atoms with E-state index in [4.69, 9.17) is 0 Å². The lowest BCUT2D eigenvalue weighted by Gasteiger charge is -2.24. The summed E-state index contributed by atoms with van der Waals surface area (Å²) in [5.74, 6) is -1.44. The summed E-state index contributed by atoms with van der Waals surface area (Å²) in [5, 5.41) is 3.23. The summed E-state index contributed by atoms with van der Waals surface area (Å²) in [6.07, 6.45) is -4.90. The highest BCUT2D eigenvalue weighted by Gasteiger charge is 2.40. The van der Waals surface area contributed by atoms with Crippen molar-refractivity contribution in [2.24, 2.45) is 0 Å². The first-order valence-electron chi connectivity index (χ1n) is 20.6. The Hall–Kier alpha value is -5.43. The van der Waals surface area contributed by atoms with E-state index in [1.807, 2.05) is 48.5 Å². The number of halogens is 5. The minimum absolute atomic E-state index is 0.116. The van der Waals surface area contributed by atoms with Gasteiger partial charge in [0.15, 0.2) is 0 Å². The standard InChI is InChI=1S/C53H53F5N2/c1-49(2,3)31-13-19-42-37(25-31)38-26-32(50(4,5)6)14-20-43(38)59(42)46-23-30(36-29-35(54)17-18-41(36)55)24-47(48(46)53(56,57)58)60-44-21-15-33(51(7,8)9)27-39(44)40-28-34(52(10,11)12)16-22-45(40)60/h13-29H,1-12H3. The molecule has 0 saturated heterocycles. The van der Waals surface area contributed by atoms with Gasteiger partial charge in [0.05, 0.1) is 33.4 Å². The Morgan fingerprint density at radius 2 is 0.700 bits per heavy atom. The fourth-order valence-electron chi connectivity index (χ4n) is 8.56. The molecule has 8 aromatic rings. The fourth-order valence-corrected chi connectivity index (χ4v) is 8.56. The van der Waals surface area contributed by atoms with Gasteiger partial charge in [-0.15, -0.1) is 0 Å². The summed E-state index contributed by atoms with van der Waals surface area (Å²) in [6, 6.07) is 29.6. The normalized spacial score (nSPS) is 13.4. The van der Waals surface area contributed by atoms with Gasteiger partial charge in [-0.25, -0.2) is 8.78 Å². The molecule has 0 bridgehead atoms. The monoisotopic (exact) mass is 812 g/mol. The van der Waals surface area contributed by atoms with Crippen LogP contribution in [0.4, 0.5) is 22.0 Å². The van der Waals surface area contributed by atoms with Crippen molar-refractivity contribution in [3.8, 4) is 22.5 Å². The summed E-state index contributed by atoms with van der Waals surface area (Å²) >= 11 is 0. The molecule has 0 aliphatic carbocycles. The Labute approximate surface area is 349 Å². The van der Waals surface area contributed by atoms with Gasteiger partial charge in [0, 0.05) is 27.1 Å². The second-order valence-electron chi connectivity index (χ2n) is 20.6. The summed E-state index contributed by atoms with van der Waals surface area (Å²) in [4.78, 5) is 0. The second-order valence-corrected chi connectivity index (χ2v) is 20.6. The van der Waals surface area contributed by atoms with Crippen LogP contribution in [0.15, 0.2) is 103 Å². The van der Waals surface area contributed by atoms with E-state index in [0.717, 1.165) is 62.0 Å². The van der Waals surface area contributed by atoms with Crippen LogP contribution >= 0.6 is 0 Å². The number of aromatic nitrogens is 2. The third-order valence-electron chi connectivity index (χ3n) is 12.1. The molecule has 2 aromatic heterocycles. The SMILES string of the molecule is CC(C)(C)c1ccc2c(c1)c1cc(C(C)(C)C)ccc1n2-c1cc(-c2cc(F)ccc2F)cc(-n2c3ccc(C(C)(C)C)cc3c3cc(C(C)(C)C)ccc32)c1C(F)(F)F. The lowest BCUT2D eigenvalue weighted by molar-refractivity contribution is -0.137. The predicted molar refractivity (Wildman–Crippen MR) is 240 cm³/mol. The molecule has 0 N–H and O–H groups in total. The fraction of sp³-hybridized carbons (Fsp3) is 0.321. The largest absolute Gasteiger partial charge is 0.420 e. The molecular weight excluding hydrogens is 760 g/mol. The van der Waals surface area contributed by atoms with Crippen LogP contribution in [0, 0.1) is 11.6 Å². The van der Waals surface area contributed by atoms with Gasteiger partial charge in [0.25, 0.3) is 0 Å². The molecule has 2 heterocycles. The van der Waals surface area contributed by atoms with Gasteiger partial charge in [-0.1, -0.05) is 107 Å². The molecule has 60 heavy (non-hydrogen) atoms. The number of benzene rings is 6. The molecule has 6 aromatic carbocycles. The lowest BCUT2D eigenvalue weighted by atomic mass is 9.85. The summed E-state index contributed by atoms with van der Waals surface area (Å²) < 4.78 is 83.8. The van der Waals surface area contributed by atoms with E-state index in [2.05, 4.69) is 107 Å². The van der Waals surface area contributed by atoms with Gasteiger partial charge >= 0.3 is 6.18 Å². The molecular formula is C53H53F5N2. The van der Waals surface area contributed by atoms with E-state index in [9.17, 15) is 0 Å². The van der Waals surface area contributed by atoms with E-state index in [1.54, 1.807) is 9.13 Å². The topological polar surface area (TPSA) is 9.86 Å². The summed E-state index contributed by atoms with van der Waals surface area (Å²) in [7, 11) is 0. The van der Waals surface area contributed by atoms with Crippen molar-refractivity contribution in [3.05, 3.63) is 143 Å². The Balaban J connectivity index is 1.60. The van der Waals surface area contributed by atoms with Crippen LogP contribution in [0.25, 0.3) is 66.1 Å². The predicted octanol–water partition coefficient (Wildman–Crippen LogP) is 16.0. The molecule has 0 fully saturated rings. The molecule has 7 heteroatoms. The van der Waals surface area contributed by atoms with Crippen molar-refractivity contribution < 1.29 is 22.0 Å². The summed E-state index contributed by atoms with van der Waals surface area (Å²) in [6.45, 7) is 25.3. The van der Waals surface area contributed by atoms with E-state index >= 15 is 22.0 Å². The number of nitrogens with zero attached hydrogens (tertiary/aromatic N) is 2. The highest BCUT2D eigenvalue weighted by molar-refractivity contribution is 6.12. The number of alkyl halides is 3. The average molecular weight is 813 g/mol. The zero-order chi connectivity index (χ0) is 43.6. The second kappa shape index (κ2) is 13.5. The number of fused-ring (bicyclic) bond motifs is 6. The van der Waals surface area contributed by atoms with Crippen molar-refractivity contribution in [3.63, 3.8) is 0 Å². The third kappa shape index (κ3) is 6.98. The molecule has 0 spiro atoms.